The van der Waals surface area contributed by atoms with Gasteiger partial charge in [0.25, 0.3) is 0 Å². The van der Waals surface area contributed by atoms with Gasteiger partial charge in [-0.15, -0.1) is 11.3 Å². The van der Waals surface area contributed by atoms with E-state index < -0.39 is 6.04 Å². The van der Waals surface area contributed by atoms with Gasteiger partial charge in [-0.25, -0.2) is 0 Å². The molecule has 0 saturated heterocycles. The van der Waals surface area contributed by atoms with Crippen molar-refractivity contribution in [2.75, 3.05) is 0 Å². The Hall–Kier alpha value is -0.380. The second kappa shape index (κ2) is 4.03. The number of hydrogen-bond donors (Lipinski definition) is 1. The Morgan fingerprint density at radius 1 is 1.83 bits per heavy atom. The molecule has 0 aliphatic rings. The lowest BCUT2D eigenvalue weighted by molar-refractivity contribution is 0.0963. The molecule has 12 heavy (non-hydrogen) atoms. The average Bonchev–Trinajstić information content (AvgIpc) is 2.48. The molecule has 1 aromatic heterocycles. The number of nitrogens with two attached hydrogens (primary N) is 1. The van der Waals surface area contributed by atoms with Crippen molar-refractivity contribution in [3.63, 3.8) is 0 Å². The van der Waals surface area contributed by atoms with Crippen molar-refractivity contribution in [1.29, 1.82) is 0 Å². The quantitative estimate of drug-likeness (QED) is 0.767. The van der Waals surface area contributed by atoms with E-state index in [1.807, 2.05) is 6.92 Å². The molecule has 0 spiro atoms. The fourth-order valence-corrected chi connectivity index (χ4v) is 1.98. The zero-order valence-electron chi connectivity index (χ0n) is 6.71. The largest absolute Gasteiger partial charge is 0.321 e. The van der Waals surface area contributed by atoms with Gasteiger partial charge >= 0.3 is 0 Å². The Kier molecular flexibility index (Phi) is 3.26. The monoisotopic (exact) mass is 203 g/mol. The van der Waals surface area contributed by atoms with Crippen molar-refractivity contribution in [3.05, 3.63) is 21.3 Å². The summed E-state index contributed by atoms with van der Waals surface area (Å²) in [6, 6.07) is 1.29. The van der Waals surface area contributed by atoms with Crippen LogP contribution in [0.4, 0.5) is 0 Å². The Balaban J connectivity index is 2.85. The second-order valence-electron chi connectivity index (χ2n) is 2.48. The summed E-state index contributed by atoms with van der Waals surface area (Å²) in [6.45, 7) is 1.88. The Morgan fingerprint density at radius 3 is 2.92 bits per heavy atom. The van der Waals surface area contributed by atoms with Crippen LogP contribution in [0.15, 0.2) is 11.4 Å². The molecular formula is C8H10ClNOS. The number of Topliss-reactive ketones (excluding diaryl/α,β-unsaturated/α-hetero) is 1. The molecule has 4 heteroatoms. The smallest absolute Gasteiger partial charge is 0.190 e. The highest BCUT2D eigenvalue weighted by molar-refractivity contribution is 7.12. The first-order valence-corrected chi connectivity index (χ1v) is 4.95. The van der Waals surface area contributed by atoms with Crippen LogP contribution in [0.3, 0.4) is 0 Å². The standard InChI is InChI=1S/C8H10ClNOS/c1-2-6(10)7(11)8-5(9)3-4-12-8/h3-4,6H,2,10H2,1H3. The van der Waals surface area contributed by atoms with Gasteiger partial charge < -0.3 is 5.73 Å². The van der Waals surface area contributed by atoms with Gasteiger partial charge in [0, 0.05) is 0 Å². The Bertz CT molecular complexity index is 284. The number of hydrogen-bond acceptors (Lipinski definition) is 3. The molecule has 0 amide bonds. The van der Waals surface area contributed by atoms with Crippen LogP contribution < -0.4 is 5.73 Å². The van der Waals surface area contributed by atoms with E-state index in [4.69, 9.17) is 17.3 Å². The van der Waals surface area contributed by atoms with E-state index in [1.54, 1.807) is 11.4 Å². The van der Waals surface area contributed by atoms with Crippen molar-refractivity contribution >= 4 is 28.7 Å². The molecule has 0 aromatic carbocycles. The Labute approximate surface area is 80.3 Å². The van der Waals surface area contributed by atoms with Crippen molar-refractivity contribution < 1.29 is 4.79 Å². The Morgan fingerprint density at radius 2 is 2.50 bits per heavy atom. The van der Waals surface area contributed by atoms with Crippen LogP contribution in [-0.2, 0) is 0 Å². The summed E-state index contributed by atoms with van der Waals surface area (Å²) in [7, 11) is 0. The minimum atomic E-state index is -0.416. The first-order valence-electron chi connectivity index (χ1n) is 3.69. The zero-order valence-corrected chi connectivity index (χ0v) is 8.28. The third-order valence-corrected chi connectivity index (χ3v) is 2.97. The van der Waals surface area contributed by atoms with Crippen LogP contribution in [0, 0.1) is 0 Å². The van der Waals surface area contributed by atoms with Gasteiger partial charge in [-0.2, -0.15) is 0 Å². The van der Waals surface area contributed by atoms with Crippen molar-refractivity contribution in [3.8, 4) is 0 Å². The number of thiophene rings is 1. The van der Waals surface area contributed by atoms with Gasteiger partial charge in [-0.3, -0.25) is 4.79 Å². The van der Waals surface area contributed by atoms with Crippen LogP contribution >= 0.6 is 22.9 Å². The summed E-state index contributed by atoms with van der Waals surface area (Å²) >= 11 is 7.11. The predicted molar refractivity (Wildman–Crippen MR) is 51.9 cm³/mol. The van der Waals surface area contributed by atoms with E-state index in [0.717, 1.165) is 0 Å². The summed E-state index contributed by atoms with van der Waals surface area (Å²) in [4.78, 5) is 12.0. The third kappa shape index (κ3) is 1.86. The van der Waals surface area contributed by atoms with Gasteiger partial charge in [0.1, 0.15) is 0 Å². The first kappa shape index (κ1) is 9.71. The lowest BCUT2D eigenvalue weighted by Crippen LogP contribution is -2.29. The lowest BCUT2D eigenvalue weighted by atomic mass is 10.1. The lowest BCUT2D eigenvalue weighted by Gasteiger charge is -2.04. The molecule has 2 nitrogen and oxygen atoms in total. The summed E-state index contributed by atoms with van der Waals surface area (Å²) in [5.41, 5.74) is 5.58. The number of halogens is 1. The van der Waals surface area contributed by atoms with E-state index in [-0.39, 0.29) is 5.78 Å². The van der Waals surface area contributed by atoms with E-state index >= 15 is 0 Å². The third-order valence-electron chi connectivity index (χ3n) is 1.62. The van der Waals surface area contributed by atoms with Crippen LogP contribution in [0.2, 0.25) is 5.02 Å². The van der Waals surface area contributed by atoms with Crippen molar-refractivity contribution in [2.24, 2.45) is 5.73 Å². The van der Waals surface area contributed by atoms with Gasteiger partial charge in [-0.05, 0) is 17.9 Å². The highest BCUT2D eigenvalue weighted by Crippen LogP contribution is 2.23. The van der Waals surface area contributed by atoms with Gasteiger partial charge in [0.15, 0.2) is 5.78 Å². The molecular weight excluding hydrogens is 194 g/mol. The summed E-state index contributed by atoms with van der Waals surface area (Å²) in [5, 5.41) is 2.30. The van der Waals surface area contributed by atoms with Crippen LogP contribution in [-0.4, -0.2) is 11.8 Å². The minimum absolute atomic E-state index is 0.0579. The topological polar surface area (TPSA) is 43.1 Å². The average molecular weight is 204 g/mol. The maximum atomic E-state index is 11.5. The van der Waals surface area contributed by atoms with Gasteiger partial charge in [-0.1, -0.05) is 18.5 Å². The van der Waals surface area contributed by atoms with Gasteiger partial charge in [0.05, 0.1) is 15.9 Å². The van der Waals surface area contributed by atoms with Crippen LogP contribution in [0.1, 0.15) is 23.0 Å². The molecule has 0 radical (unpaired) electrons. The van der Waals surface area contributed by atoms with Gasteiger partial charge in [0.2, 0.25) is 0 Å². The summed E-state index contributed by atoms with van der Waals surface area (Å²) in [6.07, 6.45) is 0.646. The van der Waals surface area contributed by atoms with Crippen molar-refractivity contribution in [1.82, 2.24) is 0 Å². The molecule has 0 aliphatic carbocycles. The van der Waals surface area contributed by atoms with E-state index in [0.29, 0.717) is 16.3 Å². The molecule has 0 bridgehead atoms. The molecule has 66 valence electrons. The number of carbonyl (C=O) groups is 1. The summed E-state index contributed by atoms with van der Waals surface area (Å²) < 4.78 is 0. The highest BCUT2D eigenvalue weighted by Gasteiger charge is 2.17. The minimum Gasteiger partial charge on any atom is -0.321 e. The van der Waals surface area contributed by atoms with E-state index in [1.165, 1.54) is 11.3 Å². The maximum Gasteiger partial charge on any atom is 0.190 e. The first-order chi connectivity index (χ1) is 5.66. The van der Waals surface area contributed by atoms with E-state index in [2.05, 4.69) is 0 Å². The maximum absolute atomic E-state index is 11.5. The molecule has 0 fully saturated rings. The van der Waals surface area contributed by atoms with Crippen LogP contribution in [0.25, 0.3) is 0 Å². The predicted octanol–water partition coefficient (Wildman–Crippen LogP) is 2.32. The SMILES string of the molecule is CCC(N)C(=O)c1sccc1Cl. The molecule has 0 aliphatic heterocycles. The second-order valence-corrected chi connectivity index (χ2v) is 3.80. The van der Waals surface area contributed by atoms with Crippen LogP contribution in [0.5, 0.6) is 0 Å². The molecule has 1 heterocycles. The number of carbonyl (C=O) groups excluding carboxylic acids is 1. The molecule has 0 saturated carbocycles. The van der Waals surface area contributed by atoms with Crippen molar-refractivity contribution in [2.45, 2.75) is 19.4 Å². The molecule has 2 N–H and O–H groups in total. The zero-order chi connectivity index (χ0) is 9.14. The molecule has 1 rings (SSSR count). The summed E-state index contributed by atoms with van der Waals surface area (Å²) in [5.74, 6) is -0.0579. The molecule has 1 atom stereocenters. The number of rotatable bonds is 3. The molecule has 1 unspecified atom stereocenters. The fourth-order valence-electron chi connectivity index (χ4n) is 0.823. The highest BCUT2D eigenvalue weighted by atomic mass is 35.5. The fraction of sp³-hybridized carbons (Fsp3) is 0.375. The molecule has 1 aromatic rings. The van der Waals surface area contributed by atoms with E-state index in [9.17, 15) is 4.79 Å². The number of ketones is 1. The normalized spacial score (nSPS) is 12.9.